The van der Waals surface area contributed by atoms with Gasteiger partial charge in [0.05, 0.1) is 13.4 Å². The van der Waals surface area contributed by atoms with Crippen LogP contribution in [0.15, 0.2) is 22.8 Å². The van der Waals surface area contributed by atoms with Gasteiger partial charge in [0.2, 0.25) is 5.75 Å². The second-order valence-electron chi connectivity index (χ2n) is 2.95. The molecule has 0 saturated carbocycles. The van der Waals surface area contributed by atoms with E-state index < -0.39 is 11.7 Å². The number of benzene rings is 1. The normalized spacial score (nSPS) is 10.5. The van der Waals surface area contributed by atoms with E-state index in [0.29, 0.717) is 11.0 Å². The van der Waals surface area contributed by atoms with Crippen LogP contribution in [0.4, 0.5) is 0 Å². The molecule has 1 aromatic carbocycles. The van der Waals surface area contributed by atoms with E-state index in [9.17, 15) is 9.90 Å². The molecule has 5 nitrogen and oxygen atoms in total. The highest BCUT2D eigenvalue weighted by Gasteiger charge is 2.19. The number of fused-ring (bicyclic) bond motifs is 1. The maximum absolute atomic E-state index is 10.8. The lowest BCUT2D eigenvalue weighted by Gasteiger charge is -2.06. The first-order valence-electron chi connectivity index (χ1n) is 4.15. The number of carbonyl (C=O) groups is 1. The van der Waals surface area contributed by atoms with Crippen molar-refractivity contribution in [2.24, 2.45) is 0 Å². The molecule has 2 aromatic rings. The maximum Gasteiger partial charge on any atom is 0.339 e. The molecule has 0 radical (unpaired) electrons. The van der Waals surface area contributed by atoms with Crippen molar-refractivity contribution in [1.82, 2.24) is 0 Å². The number of furan rings is 1. The summed E-state index contributed by atoms with van der Waals surface area (Å²) in [7, 11) is 1.34. The van der Waals surface area contributed by atoms with E-state index >= 15 is 0 Å². The molecule has 1 heterocycles. The first kappa shape index (κ1) is 9.39. The van der Waals surface area contributed by atoms with Crippen molar-refractivity contribution in [3.63, 3.8) is 0 Å². The fraction of sp³-hybridized carbons (Fsp3) is 0.100. The first-order valence-corrected chi connectivity index (χ1v) is 4.15. The minimum Gasteiger partial charge on any atom is -0.504 e. The van der Waals surface area contributed by atoms with Crippen LogP contribution in [0.5, 0.6) is 11.5 Å². The summed E-state index contributed by atoms with van der Waals surface area (Å²) in [6.45, 7) is 0. The number of methoxy groups -OCH3 is 1. The molecule has 0 atom stereocenters. The van der Waals surface area contributed by atoms with Crippen molar-refractivity contribution < 1.29 is 24.2 Å². The van der Waals surface area contributed by atoms with E-state index in [-0.39, 0.29) is 11.3 Å². The molecule has 5 heteroatoms. The lowest BCUT2D eigenvalue weighted by atomic mass is 10.1. The summed E-state index contributed by atoms with van der Waals surface area (Å²) in [5.41, 5.74) is 0.126. The van der Waals surface area contributed by atoms with Gasteiger partial charge in [0.1, 0.15) is 5.56 Å². The van der Waals surface area contributed by atoms with Gasteiger partial charge in [-0.05, 0) is 12.1 Å². The molecule has 0 aliphatic carbocycles. The molecule has 78 valence electrons. The SMILES string of the molecule is COc1c(O)c(C(=O)O)cc2ccoc12. The number of aromatic carboxylic acids is 1. The Hall–Kier alpha value is -2.17. The summed E-state index contributed by atoms with van der Waals surface area (Å²) >= 11 is 0. The highest BCUT2D eigenvalue weighted by molar-refractivity contribution is 5.99. The van der Waals surface area contributed by atoms with Gasteiger partial charge in [-0.3, -0.25) is 0 Å². The van der Waals surface area contributed by atoms with Crippen LogP contribution < -0.4 is 4.74 Å². The van der Waals surface area contributed by atoms with E-state index in [1.165, 1.54) is 19.4 Å². The molecule has 0 unspecified atom stereocenters. The summed E-state index contributed by atoms with van der Waals surface area (Å²) in [6, 6.07) is 2.93. The topological polar surface area (TPSA) is 79.9 Å². The van der Waals surface area contributed by atoms with Crippen molar-refractivity contribution in [3.05, 3.63) is 24.0 Å². The van der Waals surface area contributed by atoms with Gasteiger partial charge in [-0.1, -0.05) is 0 Å². The molecule has 0 spiro atoms. The summed E-state index contributed by atoms with van der Waals surface area (Å²) in [4.78, 5) is 10.8. The van der Waals surface area contributed by atoms with Gasteiger partial charge < -0.3 is 19.4 Å². The van der Waals surface area contributed by atoms with Crippen molar-refractivity contribution in [2.75, 3.05) is 7.11 Å². The average molecular weight is 208 g/mol. The van der Waals surface area contributed by atoms with E-state index in [1.54, 1.807) is 6.07 Å². The van der Waals surface area contributed by atoms with Crippen LogP contribution in [-0.4, -0.2) is 23.3 Å². The Morgan fingerprint density at radius 2 is 2.27 bits per heavy atom. The molecule has 0 bridgehead atoms. The van der Waals surface area contributed by atoms with Crippen molar-refractivity contribution >= 4 is 16.9 Å². The number of carboxylic acid groups (broad SMARTS) is 1. The lowest BCUT2D eigenvalue weighted by molar-refractivity contribution is 0.0693. The molecular formula is C10H8O5. The number of rotatable bonds is 2. The Kier molecular flexibility index (Phi) is 2.00. The number of hydrogen-bond donors (Lipinski definition) is 2. The molecule has 0 fully saturated rings. The molecule has 0 saturated heterocycles. The highest BCUT2D eigenvalue weighted by Crippen LogP contribution is 2.38. The molecule has 0 aliphatic rings. The number of carboxylic acids is 1. The van der Waals surface area contributed by atoms with Gasteiger partial charge in [-0.15, -0.1) is 0 Å². The van der Waals surface area contributed by atoms with Crippen molar-refractivity contribution in [3.8, 4) is 11.5 Å². The largest absolute Gasteiger partial charge is 0.504 e. The molecule has 0 amide bonds. The third kappa shape index (κ3) is 1.28. The predicted molar refractivity (Wildman–Crippen MR) is 51.4 cm³/mol. The smallest absolute Gasteiger partial charge is 0.339 e. The zero-order chi connectivity index (χ0) is 11.0. The second kappa shape index (κ2) is 3.20. The van der Waals surface area contributed by atoms with Gasteiger partial charge in [0.25, 0.3) is 0 Å². The van der Waals surface area contributed by atoms with Crippen molar-refractivity contribution in [2.45, 2.75) is 0 Å². The van der Waals surface area contributed by atoms with Crippen LogP contribution >= 0.6 is 0 Å². The van der Waals surface area contributed by atoms with Gasteiger partial charge in [0.15, 0.2) is 11.3 Å². The van der Waals surface area contributed by atoms with Gasteiger partial charge in [-0.25, -0.2) is 4.79 Å². The standard InChI is InChI=1S/C10H8O5/c1-14-9-7(11)6(10(12)13)4-5-2-3-15-8(5)9/h2-4,11H,1H3,(H,12,13). The average Bonchev–Trinajstić information content (AvgIpc) is 2.64. The summed E-state index contributed by atoms with van der Waals surface area (Å²) in [5.74, 6) is -1.60. The summed E-state index contributed by atoms with van der Waals surface area (Å²) in [6.07, 6.45) is 1.40. The van der Waals surface area contributed by atoms with Crippen LogP contribution in [0, 0.1) is 0 Å². The Labute approximate surface area is 84.5 Å². The predicted octanol–water partition coefficient (Wildman–Crippen LogP) is 1.85. The van der Waals surface area contributed by atoms with E-state index in [0.717, 1.165) is 0 Å². The third-order valence-electron chi connectivity index (χ3n) is 2.11. The summed E-state index contributed by atoms with van der Waals surface area (Å²) < 4.78 is 9.98. The Balaban J connectivity index is 2.85. The highest BCUT2D eigenvalue weighted by atomic mass is 16.5. The van der Waals surface area contributed by atoms with Gasteiger partial charge >= 0.3 is 5.97 Å². The quantitative estimate of drug-likeness (QED) is 0.787. The second-order valence-corrected chi connectivity index (χ2v) is 2.95. The Morgan fingerprint density at radius 1 is 1.53 bits per heavy atom. The molecular weight excluding hydrogens is 200 g/mol. The van der Waals surface area contributed by atoms with E-state index in [2.05, 4.69) is 0 Å². The van der Waals surface area contributed by atoms with E-state index in [4.69, 9.17) is 14.3 Å². The fourth-order valence-corrected chi connectivity index (χ4v) is 1.42. The number of phenols is 1. The maximum atomic E-state index is 10.8. The minimum absolute atomic E-state index is 0.0369. The minimum atomic E-state index is -1.21. The molecule has 0 aliphatic heterocycles. The number of hydrogen-bond acceptors (Lipinski definition) is 4. The van der Waals surface area contributed by atoms with Crippen LogP contribution in [0.25, 0.3) is 11.0 Å². The molecule has 2 N–H and O–H groups in total. The monoisotopic (exact) mass is 208 g/mol. The summed E-state index contributed by atoms with van der Waals surface area (Å²) in [5, 5.41) is 19.0. The zero-order valence-corrected chi connectivity index (χ0v) is 7.85. The van der Waals surface area contributed by atoms with Crippen molar-refractivity contribution in [1.29, 1.82) is 0 Å². The molecule has 15 heavy (non-hydrogen) atoms. The van der Waals surface area contributed by atoms with Gasteiger partial charge in [0, 0.05) is 5.39 Å². The number of ether oxygens (including phenoxy) is 1. The van der Waals surface area contributed by atoms with Gasteiger partial charge in [-0.2, -0.15) is 0 Å². The fourth-order valence-electron chi connectivity index (χ4n) is 1.42. The Morgan fingerprint density at radius 3 is 2.87 bits per heavy atom. The molecule has 1 aromatic heterocycles. The van der Waals surface area contributed by atoms with Crippen LogP contribution in [0.3, 0.4) is 0 Å². The number of aromatic hydroxyl groups is 1. The Bertz CT molecular complexity index is 526. The third-order valence-corrected chi connectivity index (χ3v) is 2.11. The van der Waals surface area contributed by atoms with Crippen LogP contribution in [0.2, 0.25) is 0 Å². The zero-order valence-electron chi connectivity index (χ0n) is 7.85. The first-order chi connectivity index (χ1) is 7.15. The van der Waals surface area contributed by atoms with E-state index in [1.807, 2.05) is 0 Å². The lowest BCUT2D eigenvalue weighted by Crippen LogP contribution is -1.98. The molecule has 2 rings (SSSR count). The van der Waals surface area contributed by atoms with Crippen LogP contribution in [-0.2, 0) is 0 Å². The van der Waals surface area contributed by atoms with Crippen LogP contribution in [0.1, 0.15) is 10.4 Å².